The first-order chi connectivity index (χ1) is 10.1. The number of amides is 1. The monoisotopic (exact) mass is 321 g/mol. The number of thiophene rings is 1. The Balaban J connectivity index is 1.97. The van der Waals surface area contributed by atoms with E-state index in [2.05, 4.69) is 5.32 Å². The Labute approximate surface area is 131 Å². The van der Waals surface area contributed by atoms with Crippen molar-refractivity contribution in [2.45, 2.75) is 4.21 Å². The highest BCUT2D eigenvalue weighted by Crippen LogP contribution is 2.34. The first-order valence-electron chi connectivity index (χ1n) is 6.10. The van der Waals surface area contributed by atoms with Crippen LogP contribution in [-0.4, -0.2) is 24.6 Å². The summed E-state index contributed by atoms with van der Waals surface area (Å²) in [7, 11) is 0. The van der Waals surface area contributed by atoms with Crippen LogP contribution >= 0.6 is 23.1 Å². The molecule has 0 saturated carbocycles. The fourth-order valence-corrected chi connectivity index (χ4v) is 3.24. The maximum Gasteiger partial charge on any atom is 0.262 e. The predicted molar refractivity (Wildman–Crippen MR) is 87.7 cm³/mol. The Morgan fingerprint density at radius 3 is 2.76 bits per heavy atom. The summed E-state index contributed by atoms with van der Waals surface area (Å²) in [6.07, 6.45) is 1.91. The minimum atomic E-state index is -0.248. The highest BCUT2D eigenvalue weighted by atomic mass is 32.2. The number of nitrogens with one attached hydrogen (secondary N) is 2. The molecule has 7 heteroatoms. The third-order valence-corrected chi connectivity index (χ3v) is 4.84. The Morgan fingerprint density at radius 2 is 2.14 bits per heavy atom. The molecule has 5 nitrogen and oxygen atoms in total. The van der Waals surface area contributed by atoms with E-state index in [1.54, 1.807) is 18.2 Å². The maximum absolute atomic E-state index is 11.9. The molecule has 110 valence electrons. The molecule has 0 radical (unpaired) electrons. The number of anilines is 1. The van der Waals surface area contributed by atoms with E-state index in [-0.39, 0.29) is 18.3 Å². The Morgan fingerprint density at radius 1 is 1.43 bits per heavy atom. The molecule has 0 bridgehead atoms. The zero-order valence-corrected chi connectivity index (χ0v) is 13.0. The number of hydrogen-bond acceptors (Lipinski definition) is 5. The van der Waals surface area contributed by atoms with Crippen molar-refractivity contribution in [1.29, 1.82) is 5.41 Å². The van der Waals surface area contributed by atoms with E-state index >= 15 is 0 Å². The topological polar surface area (TPSA) is 88.2 Å². The summed E-state index contributed by atoms with van der Waals surface area (Å²) < 4.78 is 6.30. The number of nitrogens with two attached hydrogens (primary N) is 1. The van der Waals surface area contributed by atoms with Gasteiger partial charge in [0.1, 0.15) is 11.6 Å². The lowest BCUT2D eigenvalue weighted by molar-refractivity contribution is -0.118. The number of carbonyl (C=O) groups excluding carboxylic acids is 1. The zero-order valence-electron chi connectivity index (χ0n) is 11.4. The van der Waals surface area contributed by atoms with Gasteiger partial charge in [-0.3, -0.25) is 10.2 Å². The number of rotatable bonds is 6. The minimum Gasteiger partial charge on any atom is -0.484 e. The van der Waals surface area contributed by atoms with Crippen LogP contribution in [-0.2, 0) is 4.79 Å². The molecule has 0 aliphatic rings. The van der Waals surface area contributed by atoms with Gasteiger partial charge in [-0.05, 0) is 24.5 Å². The van der Waals surface area contributed by atoms with E-state index in [9.17, 15) is 4.79 Å². The van der Waals surface area contributed by atoms with Crippen LogP contribution in [0.5, 0.6) is 5.75 Å². The number of carbonyl (C=O) groups is 1. The van der Waals surface area contributed by atoms with E-state index < -0.39 is 0 Å². The standard InChI is InChI=1S/C14H15N3O2S2/c1-20-14-10(7-11(21-14)13(15)16)17-12(18)8-19-9-5-3-2-4-6-9/h2-7H,8H2,1H3,(H3,15,16)(H,17,18). The van der Waals surface area contributed by atoms with Crippen LogP contribution in [0.25, 0.3) is 0 Å². The minimum absolute atomic E-state index is 0.00339. The third kappa shape index (κ3) is 4.24. The van der Waals surface area contributed by atoms with Gasteiger partial charge < -0.3 is 15.8 Å². The predicted octanol–water partition coefficient (Wildman–Crippen LogP) is 2.77. The summed E-state index contributed by atoms with van der Waals surface area (Å²) in [6, 6.07) is 10.9. The first kappa shape index (κ1) is 15.4. The maximum atomic E-state index is 11.9. The van der Waals surface area contributed by atoms with E-state index in [0.29, 0.717) is 16.3 Å². The summed E-state index contributed by atoms with van der Waals surface area (Å²) in [5, 5.41) is 10.2. The van der Waals surface area contributed by atoms with Crippen molar-refractivity contribution in [3.63, 3.8) is 0 Å². The molecule has 1 aromatic heterocycles. The fraction of sp³-hybridized carbons (Fsp3) is 0.143. The van der Waals surface area contributed by atoms with Gasteiger partial charge in [0.15, 0.2) is 6.61 Å². The van der Waals surface area contributed by atoms with Crippen molar-refractivity contribution in [1.82, 2.24) is 0 Å². The van der Waals surface area contributed by atoms with Crippen LogP contribution in [0.15, 0.2) is 40.6 Å². The first-order valence-corrected chi connectivity index (χ1v) is 8.14. The van der Waals surface area contributed by atoms with Crippen LogP contribution < -0.4 is 15.8 Å². The molecule has 4 N–H and O–H groups in total. The van der Waals surface area contributed by atoms with Gasteiger partial charge in [0, 0.05) is 0 Å². The molecule has 21 heavy (non-hydrogen) atoms. The molecule has 0 aliphatic heterocycles. The van der Waals surface area contributed by atoms with E-state index in [0.717, 1.165) is 4.21 Å². The van der Waals surface area contributed by atoms with E-state index in [1.807, 2.05) is 24.5 Å². The number of nitrogen functional groups attached to an aromatic ring is 1. The quantitative estimate of drug-likeness (QED) is 0.434. The van der Waals surface area contributed by atoms with Crippen LogP contribution in [0.3, 0.4) is 0 Å². The summed E-state index contributed by atoms with van der Waals surface area (Å²) in [5.74, 6) is 0.394. The van der Waals surface area contributed by atoms with Crippen LogP contribution in [0.1, 0.15) is 4.88 Å². The van der Waals surface area contributed by atoms with E-state index in [4.69, 9.17) is 15.9 Å². The largest absolute Gasteiger partial charge is 0.484 e. The summed E-state index contributed by atoms with van der Waals surface area (Å²) in [4.78, 5) is 12.5. The smallest absolute Gasteiger partial charge is 0.262 e. The molecular weight excluding hydrogens is 306 g/mol. The number of benzene rings is 1. The second-order valence-corrected chi connectivity index (χ2v) is 6.21. The lowest BCUT2D eigenvalue weighted by atomic mass is 10.3. The Bertz CT molecular complexity index is 641. The molecule has 0 saturated heterocycles. The highest BCUT2D eigenvalue weighted by molar-refractivity contribution is 8.00. The van der Waals surface area contributed by atoms with Gasteiger partial charge in [-0.1, -0.05) is 18.2 Å². The second-order valence-electron chi connectivity index (χ2n) is 4.08. The third-order valence-electron chi connectivity index (χ3n) is 2.54. The number of hydrogen-bond donors (Lipinski definition) is 3. The van der Waals surface area contributed by atoms with E-state index in [1.165, 1.54) is 23.1 Å². The molecule has 2 aromatic rings. The average Bonchev–Trinajstić information content (AvgIpc) is 2.89. The van der Waals surface area contributed by atoms with Crippen molar-refractivity contribution in [3.8, 4) is 5.75 Å². The van der Waals surface area contributed by atoms with Gasteiger partial charge in [-0.25, -0.2) is 0 Å². The molecule has 1 heterocycles. The number of thioether (sulfide) groups is 1. The molecule has 2 rings (SSSR count). The van der Waals surface area contributed by atoms with Gasteiger partial charge in [0.25, 0.3) is 5.91 Å². The second kappa shape index (κ2) is 7.14. The van der Waals surface area contributed by atoms with Crippen molar-refractivity contribution in [3.05, 3.63) is 41.3 Å². The molecule has 0 fully saturated rings. The summed E-state index contributed by atoms with van der Waals surface area (Å²) >= 11 is 2.88. The number of amidine groups is 1. The molecule has 0 atom stereocenters. The molecular formula is C14H15N3O2S2. The lowest BCUT2D eigenvalue weighted by Gasteiger charge is -2.07. The summed E-state index contributed by atoms with van der Waals surface area (Å²) in [5.41, 5.74) is 6.13. The van der Waals surface area contributed by atoms with Crippen LogP contribution in [0.2, 0.25) is 0 Å². The van der Waals surface area contributed by atoms with Crippen molar-refractivity contribution in [2.24, 2.45) is 5.73 Å². The Hall–Kier alpha value is -1.99. The summed E-state index contributed by atoms with van der Waals surface area (Å²) in [6.45, 7) is -0.0664. The lowest BCUT2D eigenvalue weighted by Crippen LogP contribution is -2.20. The Kier molecular flexibility index (Phi) is 5.24. The molecule has 0 aliphatic carbocycles. The number of ether oxygens (including phenoxy) is 1. The molecule has 1 aromatic carbocycles. The van der Waals surface area contributed by atoms with Gasteiger partial charge in [0.05, 0.1) is 14.8 Å². The highest BCUT2D eigenvalue weighted by Gasteiger charge is 2.13. The van der Waals surface area contributed by atoms with Crippen LogP contribution in [0, 0.1) is 5.41 Å². The fourth-order valence-electron chi connectivity index (χ4n) is 1.60. The molecule has 1 amide bonds. The van der Waals surface area contributed by atoms with Gasteiger partial charge in [-0.2, -0.15) is 0 Å². The number of para-hydroxylation sites is 1. The van der Waals surface area contributed by atoms with Crippen molar-refractivity contribution in [2.75, 3.05) is 18.2 Å². The van der Waals surface area contributed by atoms with Crippen LogP contribution in [0.4, 0.5) is 5.69 Å². The zero-order chi connectivity index (χ0) is 15.2. The molecule has 0 spiro atoms. The SMILES string of the molecule is CSc1sc(C(=N)N)cc1NC(=O)COc1ccccc1. The van der Waals surface area contributed by atoms with Crippen molar-refractivity contribution < 1.29 is 9.53 Å². The van der Waals surface area contributed by atoms with Gasteiger partial charge in [-0.15, -0.1) is 23.1 Å². The normalized spacial score (nSPS) is 10.1. The van der Waals surface area contributed by atoms with Crippen molar-refractivity contribution >= 4 is 40.5 Å². The molecule has 0 unspecified atom stereocenters. The van der Waals surface area contributed by atoms with Gasteiger partial charge in [0.2, 0.25) is 0 Å². The average molecular weight is 321 g/mol. The van der Waals surface area contributed by atoms with Gasteiger partial charge >= 0.3 is 0 Å².